The second-order valence-corrected chi connectivity index (χ2v) is 6.98. The Hall–Kier alpha value is -1.91. The maximum absolute atomic E-state index is 12.3. The lowest BCUT2D eigenvalue weighted by molar-refractivity contribution is -0.141. The predicted molar refractivity (Wildman–Crippen MR) is 116 cm³/mol. The molecule has 2 unspecified atom stereocenters. The van der Waals surface area contributed by atoms with Crippen molar-refractivity contribution in [3.8, 4) is 0 Å². The van der Waals surface area contributed by atoms with Crippen LogP contribution in [0.25, 0.3) is 0 Å². The molecule has 0 aliphatic heterocycles. The fraction of sp³-hybridized carbons (Fsp3) is 0.842. The Morgan fingerprint density at radius 2 is 1.62 bits per heavy atom. The molecule has 0 saturated carbocycles. The van der Waals surface area contributed by atoms with E-state index in [0.29, 0.717) is 32.5 Å². The SMILES string of the molecule is CCOC(NC(=O)CCCCCCN=C(N)N)C(=O)NC(N)CCCCCCN. The quantitative estimate of drug-likeness (QED) is 0.0787. The highest BCUT2D eigenvalue weighted by Gasteiger charge is 2.22. The molecule has 0 aromatic rings. The fourth-order valence-electron chi connectivity index (χ4n) is 2.72. The molecule has 0 aliphatic rings. The Bertz CT molecular complexity index is 471. The number of guanidine groups is 1. The van der Waals surface area contributed by atoms with Crippen molar-refractivity contribution in [1.29, 1.82) is 0 Å². The number of carbonyl (C=O) groups excluding carboxylic acids is 2. The Kier molecular flexibility index (Phi) is 16.9. The first-order chi connectivity index (χ1) is 13.9. The topological polar surface area (TPSA) is 184 Å². The molecule has 10 nitrogen and oxygen atoms in total. The molecule has 10 heteroatoms. The molecule has 2 amide bonds. The summed E-state index contributed by atoms with van der Waals surface area (Å²) < 4.78 is 5.36. The number of nitrogens with one attached hydrogen (secondary N) is 2. The normalized spacial score (nSPS) is 12.8. The van der Waals surface area contributed by atoms with E-state index in [2.05, 4.69) is 15.6 Å². The summed E-state index contributed by atoms with van der Waals surface area (Å²) in [6, 6.07) is 0. The number of amides is 2. The van der Waals surface area contributed by atoms with Gasteiger partial charge in [-0.3, -0.25) is 14.6 Å². The van der Waals surface area contributed by atoms with Crippen LogP contribution in [0.15, 0.2) is 4.99 Å². The number of aliphatic imine (C=N–C) groups is 1. The lowest BCUT2D eigenvalue weighted by Crippen LogP contribution is -2.53. The van der Waals surface area contributed by atoms with Crippen molar-refractivity contribution >= 4 is 17.8 Å². The standard InChI is InChI=1S/C19H41N7O3/c1-2-29-18(17(28)25-15(21)11-7-3-5-9-13-20)26-16(27)12-8-4-6-10-14-24-19(22)23/h15,18H,2-14,20-21H2,1H3,(H,25,28)(H,26,27)(H4,22,23,24). The van der Waals surface area contributed by atoms with Crippen molar-refractivity contribution in [3.05, 3.63) is 0 Å². The van der Waals surface area contributed by atoms with Gasteiger partial charge in [0.1, 0.15) is 0 Å². The summed E-state index contributed by atoms with van der Waals surface area (Å²) >= 11 is 0. The monoisotopic (exact) mass is 415 g/mol. The van der Waals surface area contributed by atoms with Gasteiger partial charge in [-0.05, 0) is 39.2 Å². The van der Waals surface area contributed by atoms with Crippen molar-refractivity contribution in [2.45, 2.75) is 83.5 Å². The zero-order chi connectivity index (χ0) is 21.9. The fourth-order valence-corrected chi connectivity index (χ4v) is 2.72. The highest BCUT2D eigenvalue weighted by Crippen LogP contribution is 2.05. The smallest absolute Gasteiger partial charge is 0.271 e. The van der Waals surface area contributed by atoms with E-state index in [1.54, 1.807) is 6.92 Å². The molecule has 0 aromatic carbocycles. The lowest BCUT2D eigenvalue weighted by atomic mass is 10.1. The Balaban J connectivity index is 4.09. The lowest BCUT2D eigenvalue weighted by Gasteiger charge is -2.21. The Morgan fingerprint density at radius 3 is 2.28 bits per heavy atom. The van der Waals surface area contributed by atoms with Crippen LogP contribution in [0.4, 0.5) is 0 Å². The van der Waals surface area contributed by atoms with E-state index in [9.17, 15) is 9.59 Å². The number of nitrogens with zero attached hydrogens (tertiary/aromatic N) is 1. The van der Waals surface area contributed by atoms with E-state index in [1.807, 2.05) is 0 Å². The van der Waals surface area contributed by atoms with Crippen LogP contribution in [0, 0.1) is 0 Å². The first-order valence-corrected chi connectivity index (χ1v) is 10.6. The van der Waals surface area contributed by atoms with Gasteiger partial charge in [-0.15, -0.1) is 0 Å². The number of unbranched alkanes of at least 4 members (excludes halogenated alkanes) is 6. The third kappa shape index (κ3) is 16.7. The number of hydrogen-bond acceptors (Lipinski definition) is 6. The van der Waals surface area contributed by atoms with E-state index in [0.717, 1.165) is 51.4 Å². The maximum atomic E-state index is 12.3. The maximum Gasteiger partial charge on any atom is 0.271 e. The minimum absolute atomic E-state index is 0.0935. The molecule has 0 radical (unpaired) electrons. The molecule has 0 bridgehead atoms. The average Bonchev–Trinajstić information content (AvgIpc) is 2.66. The average molecular weight is 416 g/mol. The molecule has 0 aliphatic carbocycles. The highest BCUT2D eigenvalue weighted by atomic mass is 16.5. The molecule has 0 fully saturated rings. The molecule has 0 heterocycles. The van der Waals surface area contributed by atoms with Crippen molar-refractivity contribution in [2.24, 2.45) is 27.9 Å². The summed E-state index contributed by atoms with van der Waals surface area (Å²) in [4.78, 5) is 28.3. The van der Waals surface area contributed by atoms with Gasteiger partial charge >= 0.3 is 0 Å². The van der Waals surface area contributed by atoms with Gasteiger partial charge < -0.3 is 38.3 Å². The highest BCUT2D eigenvalue weighted by molar-refractivity contribution is 5.86. The number of carbonyl (C=O) groups is 2. The molecule has 0 rings (SSSR count). The second-order valence-electron chi connectivity index (χ2n) is 6.98. The summed E-state index contributed by atoms with van der Waals surface area (Å²) in [5, 5.41) is 5.33. The van der Waals surface area contributed by atoms with Crippen LogP contribution in [0.3, 0.4) is 0 Å². The van der Waals surface area contributed by atoms with E-state index < -0.39 is 18.3 Å². The molecule has 170 valence electrons. The minimum atomic E-state index is -1.03. The molecular weight excluding hydrogens is 374 g/mol. The van der Waals surface area contributed by atoms with Crippen molar-refractivity contribution in [3.63, 3.8) is 0 Å². The van der Waals surface area contributed by atoms with Crippen LogP contribution in [0.5, 0.6) is 0 Å². The van der Waals surface area contributed by atoms with Gasteiger partial charge in [-0.25, -0.2) is 0 Å². The molecular formula is C19H41N7O3. The molecule has 10 N–H and O–H groups in total. The van der Waals surface area contributed by atoms with Crippen molar-refractivity contribution in [1.82, 2.24) is 10.6 Å². The molecule has 0 spiro atoms. The molecule has 0 saturated heterocycles. The first kappa shape index (κ1) is 27.1. The van der Waals surface area contributed by atoms with Crippen LogP contribution in [0.2, 0.25) is 0 Å². The van der Waals surface area contributed by atoms with Crippen molar-refractivity contribution in [2.75, 3.05) is 19.7 Å². The van der Waals surface area contributed by atoms with Gasteiger partial charge in [0, 0.05) is 19.6 Å². The molecule has 29 heavy (non-hydrogen) atoms. The minimum Gasteiger partial charge on any atom is -0.370 e. The molecule has 2 atom stereocenters. The van der Waals surface area contributed by atoms with E-state index in [-0.39, 0.29) is 11.9 Å². The summed E-state index contributed by atoms with van der Waals surface area (Å²) in [6.07, 6.45) is 6.89. The summed E-state index contributed by atoms with van der Waals surface area (Å²) in [5.41, 5.74) is 21.9. The number of hydrogen-bond donors (Lipinski definition) is 6. The van der Waals surface area contributed by atoms with Gasteiger partial charge in [0.15, 0.2) is 5.96 Å². The zero-order valence-electron chi connectivity index (χ0n) is 17.8. The molecule has 0 aromatic heterocycles. The first-order valence-electron chi connectivity index (χ1n) is 10.6. The van der Waals surface area contributed by atoms with Crippen LogP contribution in [0.1, 0.15) is 71.1 Å². The van der Waals surface area contributed by atoms with Gasteiger partial charge in [0.05, 0.1) is 6.17 Å². The number of ether oxygens (including phenoxy) is 1. The van der Waals surface area contributed by atoms with Crippen molar-refractivity contribution < 1.29 is 14.3 Å². The van der Waals surface area contributed by atoms with E-state index in [4.69, 9.17) is 27.7 Å². The van der Waals surface area contributed by atoms with Gasteiger partial charge in [-0.2, -0.15) is 0 Å². The summed E-state index contributed by atoms with van der Waals surface area (Å²) in [5.74, 6) is -0.555. The Morgan fingerprint density at radius 1 is 0.966 bits per heavy atom. The van der Waals surface area contributed by atoms with Gasteiger partial charge in [-0.1, -0.05) is 32.1 Å². The largest absolute Gasteiger partial charge is 0.370 e. The predicted octanol–water partition coefficient (Wildman–Crippen LogP) is -0.000700. The summed E-state index contributed by atoms with van der Waals surface area (Å²) in [7, 11) is 0. The van der Waals surface area contributed by atoms with Gasteiger partial charge in [0.2, 0.25) is 12.1 Å². The third-order valence-corrected chi connectivity index (χ3v) is 4.27. The second kappa shape index (κ2) is 18.1. The van der Waals surface area contributed by atoms with Crippen LogP contribution >= 0.6 is 0 Å². The van der Waals surface area contributed by atoms with Crippen LogP contribution in [-0.2, 0) is 14.3 Å². The number of nitrogens with two attached hydrogens (primary N) is 4. The zero-order valence-corrected chi connectivity index (χ0v) is 17.8. The van der Waals surface area contributed by atoms with E-state index >= 15 is 0 Å². The number of rotatable bonds is 18. The van der Waals surface area contributed by atoms with E-state index in [1.165, 1.54) is 0 Å². The van der Waals surface area contributed by atoms with Gasteiger partial charge in [0.25, 0.3) is 5.91 Å². The third-order valence-electron chi connectivity index (χ3n) is 4.27. The van der Waals surface area contributed by atoms with Crippen LogP contribution < -0.4 is 33.6 Å². The van der Waals surface area contributed by atoms with Crippen LogP contribution in [-0.4, -0.2) is 49.9 Å². The Labute approximate surface area is 174 Å². The summed E-state index contributed by atoms with van der Waals surface area (Å²) in [6.45, 7) is 3.35.